The molecule has 0 saturated heterocycles. The van der Waals surface area contributed by atoms with E-state index in [2.05, 4.69) is 4.72 Å². The summed E-state index contributed by atoms with van der Waals surface area (Å²) in [6, 6.07) is 0.136. The number of nitrogens with zero attached hydrogens (tertiary/aromatic N) is 1. The zero-order valence-electron chi connectivity index (χ0n) is 11.7. The minimum atomic E-state index is -3.37. The quantitative estimate of drug-likeness (QED) is 0.606. The zero-order valence-corrected chi connectivity index (χ0v) is 12.5. The predicted octanol–water partition coefficient (Wildman–Crippen LogP) is 0.484. The molecule has 114 valence electrons. The van der Waals surface area contributed by atoms with E-state index in [0.29, 0.717) is 26.2 Å². The maximum atomic E-state index is 12.1. The highest BCUT2D eigenvalue weighted by molar-refractivity contribution is 7.87. The number of hydrogen-bond acceptors (Lipinski definition) is 4. The average Bonchev–Trinajstić information content (AvgIpc) is 2.43. The van der Waals surface area contributed by atoms with Gasteiger partial charge in [-0.05, 0) is 19.3 Å². The number of ether oxygens (including phenoxy) is 1. The summed E-state index contributed by atoms with van der Waals surface area (Å²) >= 11 is 0. The van der Waals surface area contributed by atoms with Crippen LogP contribution in [0.3, 0.4) is 0 Å². The van der Waals surface area contributed by atoms with Gasteiger partial charge < -0.3 is 9.84 Å². The molecule has 0 aliphatic heterocycles. The van der Waals surface area contributed by atoms with Crippen molar-refractivity contribution in [1.29, 1.82) is 0 Å². The lowest BCUT2D eigenvalue weighted by Crippen LogP contribution is -2.45. The average molecular weight is 294 g/mol. The summed E-state index contributed by atoms with van der Waals surface area (Å²) < 4.78 is 33.2. The fourth-order valence-electron chi connectivity index (χ4n) is 2.28. The van der Waals surface area contributed by atoms with Crippen LogP contribution in [0.1, 0.15) is 38.5 Å². The van der Waals surface area contributed by atoms with E-state index in [4.69, 9.17) is 9.84 Å². The Hall–Kier alpha value is -0.210. The molecule has 0 aromatic rings. The van der Waals surface area contributed by atoms with Crippen molar-refractivity contribution in [3.05, 3.63) is 0 Å². The maximum Gasteiger partial charge on any atom is 0.279 e. The van der Waals surface area contributed by atoms with Gasteiger partial charge in [0.05, 0.1) is 13.2 Å². The van der Waals surface area contributed by atoms with E-state index < -0.39 is 10.2 Å². The lowest BCUT2D eigenvalue weighted by Gasteiger charge is -2.30. The Morgan fingerprint density at radius 1 is 1.26 bits per heavy atom. The first-order valence-corrected chi connectivity index (χ1v) is 8.43. The van der Waals surface area contributed by atoms with Crippen molar-refractivity contribution in [2.24, 2.45) is 0 Å². The highest BCUT2D eigenvalue weighted by Crippen LogP contribution is 2.22. The van der Waals surface area contributed by atoms with Crippen LogP contribution in [0.25, 0.3) is 0 Å². The third kappa shape index (κ3) is 6.18. The van der Waals surface area contributed by atoms with Crippen molar-refractivity contribution in [3.8, 4) is 0 Å². The van der Waals surface area contributed by atoms with Gasteiger partial charge in [0.1, 0.15) is 0 Å². The molecule has 0 radical (unpaired) electrons. The Balaban J connectivity index is 2.25. The number of nitrogens with one attached hydrogen (secondary N) is 1. The maximum absolute atomic E-state index is 12.1. The topological polar surface area (TPSA) is 78.9 Å². The van der Waals surface area contributed by atoms with Gasteiger partial charge in [-0.15, -0.1) is 0 Å². The zero-order chi connectivity index (χ0) is 14.1. The predicted molar refractivity (Wildman–Crippen MR) is 74.1 cm³/mol. The molecule has 0 aromatic carbocycles. The molecule has 0 amide bonds. The summed E-state index contributed by atoms with van der Waals surface area (Å²) in [5.41, 5.74) is 0. The number of aliphatic hydroxyl groups is 1. The molecular formula is C12H26N2O4S. The first kappa shape index (κ1) is 16.8. The van der Waals surface area contributed by atoms with E-state index in [1.165, 1.54) is 10.7 Å². The van der Waals surface area contributed by atoms with Crippen molar-refractivity contribution < 1.29 is 18.3 Å². The van der Waals surface area contributed by atoms with Gasteiger partial charge in [0.15, 0.2) is 0 Å². The van der Waals surface area contributed by atoms with Crippen LogP contribution in [0, 0.1) is 0 Å². The van der Waals surface area contributed by atoms with Crippen molar-refractivity contribution >= 4 is 10.2 Å². The molecular weight excluding hydrogens is 268 g/mol. The Morgan fingerprint density at radius 3 is 2.58 bits per heavy atom. The standard InChI is InChI=1S/C12H26N2O4S/c1-14(12-6-3-2-4-7-12)19(16,17)13-8-5-10-18-11-9-15/h12-13,15H,2-11H2,1H3. The molecule has 0 aromatic heterocycles. The molecule has 0 unspecified atom stereocenters. The molecule has 1 fully saturated rings. The van der Waals surface area contributed by atoms with Crippen molar-refractivity contribution in [2.45, 2.75) is 44.6 Å². The van der Waals surface area contributed by atoms with Crippen LogP contribution in [0.15, 0.2) is 0 Å². The Labute approximate surface area is 116 Å². The second-order valence-corrected chi connectivity index (χ2v) is 6.71. The molecule has 0 atom stereocenters. The molecule has 1 rings (SSSR count). The summed E-state index contributed by atoms with van der Waals surface area (Å²) in [5, 5.41) is 8.53. The summed E-state index contributed by atoms with van der Waals surface area (Å²) in [6.45, 7) is 1.12. The third-order valence-corrected chi connectivity index (χ3v) is 5.08. The molecule has 1 saturated carbocycles. The lowest BCUT2D eigenvalue weighted by atomic mass is 9.96. The van der Waals surface area contributed by atoms with E-state index in [1.807, 2.05) is 0 Å². The van der Waals surface area contributed by atoms with E-state index in [9.17, 15) is 8.42 Å². The normalized spacial score (nSPS) is 18.1. The highest BCUT2D eigenvalue weighted by atomic mass is 32.2. The summed E-state index contributed by atoms with van der Waals surface area (Å²) in [5.74, 6) is 0. The van der Waals surface area contributed by atoms with Gasteiger partial charge >= 0.3 is 0 Å². The smallest absolute Gasteiger partial charge is 0.279 e. The van der Waals surface area contributed by atoms with E-state index in [-0.39, 0.29) is 12.6 Å². The minimum Gasteiger partial charge on any atom is -0.394 e. The van der Waals surface area contributed by atoms with Crippen molar-refractivity contribution in [1.82, 2.24) is 9.03 Å². The second-order valence-electron chi connectivity index (χ2n) is 4.90. The Bertz CT molecular complexity index is 329. The minimum absolute atomic E-state index is 0.00382. The molecule has 7 heteroatoms. The third-order valence-electron chi connectivity index (χ3n) is 3.45. The SMILES string of the molecule is CN(C1CCCCC1)S(=O)(=O)NCCCOCCO. The molecule has 6 nitrogen and oxygen atoms in total. The van der Waals surface area contributed by atoms with Gasteiger partial charge in [-0.3, -0.25) is 0 Å². The number of aliphatic hydroxyl groups excluding tert-OH is 1. The summed E-state index contributed by atoms with van der Waals surface area (Å²) in [7, 11) is -1.72. The van der Waals surface area contributed by atoms with Crippen LogP contribution in [-0.2, 0) is 14.9 Å². The van der Waals surface area contributed by atoms with Crippen LogP contribution in [-0.4, -0.2) is 57.3 Å². The first-order valence-electron chi connectivity index (χ1n) is 6.99. The lowest BCUT2D eigenvalue weighted by molar-refractivity contribution is 0.0913. The molecule has 0 heterocycles. The van der Waals surface area contributed by atoms with Crippen LogP contribution in [0.2, 0.25) is 0 Å². The van der Waals surface area contributed by atoms with Crippen LogP contribution in [0.5, 0.6) is 0 Å². The number of hydrogen-bond donors (Lipinski definition) is 2. The van der Waals surface area contributed by atoms with Gasteiger partial charge in [0.2, 0.25) is 0 Å². The fourth-order valence-corrected chi connectivity index (χ4v) is 3.49. The van der Waals surface area contributed by atoms with Crippen LogP contribution in [0.4, 0.5) is 0 Å². The molecule has 1 aliphatic rings. The molecule has 0 spiro atoms. The first-order chi connectivity index (χ1) is 9.08. The highest BCUT2D eigenvalue weighted by Gasteiger charge is 2.26. The van der Waals surface area contributed by atoms with Gasteiger partial charge in [-0.2, -0.15) is 12.7 Å². The van der Waals surface area contributed by atoms with E-state index >= 15 is 0 Å². The largest absolute Gasteiger partial charge is 0.394 e. The fraction of sp³-hybridized carbons (Fsp3) is 1.00. The molecule has 19 heavy (non-hydrogen) atoms. The van der Waals surface area contributed by atoms with Gasteiger partial charge in [0.25, 0.3) is 10.2 Å². The van der Waals surface area contributed by atoms with E-state index in [0.717, 1.165) is 25.7 Å². The van der Waals surface area contributed by atoms with Crippen molar-refractivity contribution in [3.63, 3.8) is 0 Å². The Morgan fingerprint density at radius 2 is 1.95 bits per heavy atom. The van der Waals surface area contributed by atoms with Crippen molar-refractivity contribution in [2.75, 3.05) is 33.4 Å². The van der Waals surface area contributed by atoms with Gasteiger partial charge in [-0.25, -0.2) is 4.72 Å². The van der Waals surface area contributed by atoms with Crippen LogP contribution >= 0.6 is 0 Å². The van der Waals surface area contributed by atoms with Gasteiger partial charge in [0, 0.05) is 26.2 Å². The van der Waals surface area contributed by atoms with Crippen LogP contribution < -0.4 is 4.72 Å². The van der Waals surface area contributed by atoms with E-state index in [1.54, 1.807) is 7.05 Å². The molecule has 1 aliphatic carbocycles. The molecule has 0 bridgehead atoms. The monoisotopic (exact) mass is 294 g/mol. The van der Waals surface area contributed by atoms with Gasteiger partial charge in [-0.1, -0.05) is 19.3 Å². The second kappa shape index (κ2) is 8.86. The molecule has 2 N–H and O–H groups in total. The number of rotatable bonds is 9. The summed E-state index contributed by atoms with van der Waals surface area (Å²) in [6.07, 6.45) is 5.95. The Kier molecular flexibility index (Phi) is 7.86. The summed E-state index contributed by atoms with van der Waals surface area (Å²) in [4.78, 5) is 0.